The monoisotopic (exact) mass is 437 g/mol. The molecular formula is C29H27NO3. The molecule has 0 atom stereocenters. The molecule has 4 heteroatoms. The number of hydrogen-bond donors (Lipinski definition) is 1. The van der Waals surface area contributed by atoms with Crippen LogP contribution >= 0.6 is 0 Å². The average Bonchev–Trinajstić information content (AvgIpc) is 2.88. The van der Waals surface area contributed by atoms with Crippen LogP contribution in [-0.2, 0) is 5.41 Å². The zero-order valence-electron chi connectivity index (χ0n) is 19.1. The summed E-state index contributed by atoms with van der Waals surface area (Å²) in [6, 6.07) is 31.1. The Labute approximate surface area is 194 Å². The van der Waals surface area contributed by atoms with Crippen molar-refractivity contribution in [3.05, 3.63) is 113 Å². The summed E-state index contributed by atoms with van der Waals surface area (Å²) in [6.45, 7) is 2.96. The third-order valence-corrected chi connectivity index (χ3v) is 6.29. The van der Waals surface area contributed by atoms with Gasteiger partial charge in [0.2, 0.25) is 0 Å². The van der Waals surface area contributed by atoms with Gasteiger partial charge < -0.3 is 19.5 Å². The van der Waals surface area contributed by atoms with Crippen molar-refractivity contribution in [3.63, 3.8) is 0 Å². The van der Waals surface area contributed by atoms with E-state index >= 15 is 0 Å². The van der Waals surface area contributed by atoms with E-state index in [0.717, 1.165) is 57.5 Å². The third-order valence-electron chi connectivity index (χ3n) is 6.29. The maximum absolute atomic E-state index is 6.45. The highest BCUT2D eigenvalue weighted by Crippen LogP contribution is 2.60. The highest BCUT2D eigenvalue weighted by atomic mass is 16.5. The molecule has 0 bridgehead atoms. The van der Waals surface area contributed by atoms with Crippen molar-refractivity contribution >= 4 is 5.69 Å². The van der Waals surface area contributed by atoms with Crippen LogP contribution in [0.1, 0.15) is 29.2 Å². The highest BCUT2D eigenvalue weighted by Gasteiger charge is 2.49. The lowest BCUT2D eigenvalue weighted by molar-refractivity contribution is 0.365. The fourth-order valence-electron chi connectivity index (χ4n) is 4.99. The predicted molar refractivity (Wildman–Crippen MR) is 132 cm³/mol. The maximum atomic E-state index is 6.45. The molecule has 0 saturated heterocycles. The molecule has 1 aliphatic rings. The molecular weight excluding hydrogens is 410 g/mol. The van der Waals surface area contributed by atoms with Gasteiger partial charge in [-0.15, -0.1) is 0 Å². The quantitative estimate of drug-likeness (QED) is 0.324. The molecule has 1 aliphatic heterocycles. The Kier molecular flexibility index (Phi) is 5.43. The fraction of sp³-hybridized carbons (Fsp3) is 0.172. The van der Waals surface area contributed by atoms with Crippen molar-refractivity contribution in [1.29, 1.82) is 0 Å². The molecule has 5 rings (SSSR count). The second-order valence-corrected chi connectivity index (χ2v) is 7.99. The van der Waals surface area contributed by atoms with E-state index in [1.165, 1.54) is 0 Å². The van der Waals surface area contributed by atoms with Crippen molar-refractivity contribution < 1.29 is 14.2 Å². The molecule has 0 aliphatic carbocycles. The molecule has 1 N–H and O–H groups in total. The topological polar surface area (TPSA) is 39.7 Å². The lowest BCUT2D eigenvalue weighted by Gasteiger charge is -2.42. The van der Waals surface area contributed by atoms with Gasteiger partial charge in [0.25, 0.3) is 0 Å². The van der Waals surface area contributed by atoms with E-state index < -0.39 is 5.41 Å². The summed E-state index contributed by atoms with van der Waals surface area (Å²) in [5.41, 5.74) is 4.53. The fourth-order valence-corrected chi connectivity index (χ4v) is 4.99. The number of hydrogen-bond acceptors (Lipinski definition) is 4. The molecule has 0 unspecified atom stereocenters. The number of ether oxygens (including phenoxy) is 3. The number of anilines is 1. The Hall–Kier alpha value is -3.92. The van der Waals surface area contributed by atoms with Crippen molar-refractivity contribution in [2.24, 2.45) is 0 Å². The molecule has 4 aromatic carbocycles. The zero-order chi connectivity index (χ0) is 22.8. The van der Waals surface area contributed by atoms with E-state index in [2.05, 4.69) is 60.8 Å². The maximum Gasteiger partial charge on any atom is 0.135 e. The van der Waals surface area contributed by atoms with Crippen LogP contribution in [0.25, 0.3) is 0 Å². The van der Waals surface area contributed by atoms with Gasteiger partial charge in [0.1, 0.15) is 23.0 Å². The van der Waals surface area contributed by atoms with Crippen LogP contribution < -0.4 is 19.5 Å². The molecule has 0 radical (unpaired) electrons. The molecule has 0 aromatic heterocycles. The minimum absolute atomic E-state index is 0.700. The van der Waals surface area contributed by atoms with Crippen molar-refractivity contribution in [2.45, 2.75) is 12.3 Å². The smallest absolute Gasteiger partial charge is 0.135 e. The lowest BCUT2D eigenvalue weighted by atomic mass is 9.63. The van der Waals surface area contributed by atoms with Gasteiger partial charge in [-0.05, 0) is 54.4 Å². The van der Waals surface area contributed by atoms with Gasteiger partial charge in [0.05, 0.1) is 30.8 Å². The number of rotatable bonds is 6. The second kappa shape index (κ2) is 8.55. The molecule has 0 saturated carbocycles. The summed E-state index contributed by atoms with van der Waals surface area (Å²) in [7, 11) is 3.41. The summed E-state index contributed by atoms with van der Waals surface area (Å²) in [6.07, 6.45) is 0. The Balaban J connectivity index is 1.95. The van der Waals surface area contributed by atoms with Crippen LogP contribution in [0.15, 0.2) is 91.0 Å². The Bertz CT molecular complexity index is 1210. The first-order chi connectivity index (χ1) is 16.2. The Morgan fingerprint density at radius 2 is 1.21 bits per heavy atom. The van der Waals surface area contributed by atoms with Crippen molar-refractivity contribution in [3.8, 4) is 23.0 Å². The van der Waals surface area contributed by atoms with E-state index in [-0.39, 0.29) is 0 Å². The normalized spacial score (nSPS) is 13.3. The first-order valence-corrected chi connectivity index (χ1v) is 11.2. The minimum atomic E-state index is -0.700. The number of fused-ring (bicyclic) bond motifs is 2. The molecule has 33 heavy (non-hydrogen) atoms. The number of nitrogens with one attached hydrogen (secondary N) is 1. The Morgan fingerprint density at radius 3 is 1.73 bits per heavy atom. The molecule has 4 nitrogen and oxygen atoms in total. The molecule has 1 heterocycles. The standard InChI is InChI=1S/C29H27NO3/c1-4-30-22-18-16-21(17-19-22)29(20-10-6-5-7-11-20)27-23(31-2)12-8-14-25(27)33-26-15-9-13-24(32-3)28(26)29/h5-19,30H,4H2,1-3H3. The predicted octanol–water partition coefficient (Wildman–Crippen LogP) is 6.62. The molecule has 0 amide bonds. The van der Waals surface area contributed by atoms with Gasteiger partial charge in [0, 0.05) is 12.2 Å². The van der Waals surface area contributed by atoms with Gasteiger partial charge in [-0.2, -0.15) is 0 Å². The molecule has 166 valence electrons. The van der Waals surface area contributed by atoms with Crippen LogP contribution in [-0.4, -0.2) is 20.8 Å². The number of methoxy groups -OCH3 is 2. The van der Waals surface area contributed by atoms with Crippen LogP contribution in [0.5, 0.6) is 23.0 Å². The van der Waals surface area contributed by atoms with Gasteiger partial charge in [-0.3, -0.25) is 0 Å². The summed E-state index contributed by atoms with van der Waals surface area (Å²) in [4.78, 5) is 0. The first kappa shape index (κ1) is 21.0. The average molecular weight is 438 g/mol. The Morgan fingerprint density at radius 1 is 0.667 bits per heavy atom. The number of benzene rings is 4. The van der Waals surface area contributed by atoms with Gasteiger partial charge in [-0.1, -0.05) is 54.6 Å². The van der Waals surface area contributed by atoms with Gasteiger partial charge in [0.15, 0.2) is 0 Å². The summed E-state index contributed by atoms with van der Waals surface area (Å²) >= 11 is 0. The zero-order valence-corrected chi connectivity index (χ0v) is 19.1. The lowest BCUT2D eigenvalue weighted by Crippen LogP contribution is -2.35. The van der Waals surface area contributed by atoms with Crippen LogP contribution in [0.2, 0.25) is 0 Å². The summed E-state index contributed by atoms with van der Waals surface area (Å²) in [5.74, 6) is 3.08. The minimum Gasteiger partial charge on any atom is -0.496 e. The summed E-state index contributed by atoms with van der Waals surface area (Å²) in [5, 5.41) is 3.40. The summed E-state index contributed by atoms with van der Waals surface area (Å²) < 4.78 is 18.3. The molecule has 0 spiro atoms. The first-order valence-electron chi connectivity index (χ1n) is 11.2. The van der Waals surface area contributed by atoms with E-state index in [9.17, 15) is 0 Å². The van der Waals surface area contributed by atoms with Gasteiger partial charge in [-0.25, -0.2) is 0 Å². The van der Waals surface area contributed by atoms with E-state index in [1.54, 1.807) is 14.2 Å². The van der Waals surface area contributed by atoms with E-state index in [0.29, 0.717) is 0 Å². The molecule has 4 aromatic rings. The van der Waals surface area contributed by atoms with Crippen LogP contribution in [0, 0.1) is 0 Å². The third kappa shape index (κ3) is 3.21. The second-order valence-electron chi connectivity index (χ2n) is 7.99. The van der Waals surface area contributed by atoms with Gasteiger partial charge >= 0.3 is 0 Å². The van der Waals surface area contributed by atoms with Crippen molar-refractivity contribution in [1.82, 2.24) is 0 Å². The SMILES string of the molecule is CCNc1ccc(C2(c3ccccc3)c3c(OC)cccc3Oc3cccc(OC)c32)cc1. The van der Waals surface area contributed by atoms with Crippen LogP contribution in [0.3, 0.4) is 0 Å². The highest BCUT2D eigenvalue weighted by molar-refractivity contribution is 5.75. The van der Waals surface area contributed by atoms with Crippen LogP contribution in [0.4, 0.5) is 5.69 Å². The van der Waals surface area contributed by atoms with E-state index in [4.69, 9.17) is 14.2 Å². The van der Waals surface area contributed by atoms with E-state index in [1.807, 2.05) is 42.5 Å². The molecule has 0 fully saturated rings. The largest absolute Gasteiger partial charge is 0.496 e. The van der Waals surface area contributed by atoms with Crippen molar-refractivity contribution in [2.75, 3.05) is 26.1 Å².